The monoisotopic (exact) mass is 573 g/mol. The summed E-state index contributed by atoms with van der Waals surface area (Å²) in [5.74, 6) is -0.255. The van der Waals surface area contributed by atoms with Crippen molar-refractivity contribution in [3.8, 4) is 0 Å². The van der Waals surface area contributed by atoms with Gasteiger partial charge in [0.2, 0.25) is 11.9 Å². The van der Waals surface area contributed by atoms with Crippen molar-refractivity contribution in [3.05, 3.63) is 59.4 Å². The summed E-state index contributed by atoms with van der Waals surface area (Å²) in [5, 5.41) is 8.12. The van der Waals surface area contributed by atoms with Crippen LogP contribution in [-0.4, -0.2) is 80.1 Å². The van der Waals surface area contributed by atoms with E-state index >= 15 is 0 Å². The van der Waals surface area contributed by atoms with Crippen LogP contribution in [0.25, 0.3) is 0 Å². The molecule has 14 heteroatoms. The number of nitrogens with one attached hydrogen (secondary N) is 3. The lowest BCUT2D eigenvalue weighted by Gasteiger charge is -2.24. The quantitative estimate of drug-likeness (QED) is 0.323. The van der Waals surface area contributed by atoms with Crippen molar-refractivity contribution in [2.24, 2.45) is 0 Å². The highest BCUT2D eigenvalue weighted by Crippen LogP contribution is 2.35. The van der Waals surface area contributed by atoms with E-state index in [9.17, 15) is 22.8 Å². The van der Waals surface area contributed by atoms with Gasteiger partial charge < -0.3 is 25.8 Å². The first-order valence-corrected chi connectivity index (χ1v) is 12.7. The average molecular weight is 574 g/mol. The Bertz CT molecular complexity index is 1380. The smallest absolute Gasteiger partial charge is 0.373 e. The summed E-state index contributed by atoms with van der Waals surface area (Å²) in [4.78, 5) is 43.2. The van der Waals surface area contributed by atoms with Gasteiger partial charge in [-0.2, -0.15) is 18.2 Å². The Hall–Kier alpha value is -4.46. The molecule has 0 radical (unpaired) electrons. The summed E-state index contributed by atoms with van der Waals surface area (Å²) in [5.41, 5.74) is 0.740. The predicted molar refractivity (Wildman–Crippen MR) is 154 cm³/mol. The van der Waals surface area contributed by atoms with Gasteiger partial charge in [0, 0.05) is 38.9 Å². The topological polar surface area (TPSA) is 119 Å². The number of nitrogens with zero attached hydrogens (tertiary/aromatic N) is 6. The van der Waals surface area contributed by atoms with Gasteiger partial charge in [-0.3, -0.25) is 9.69 Å². The number of urea groups is 1. The van der Waals surface area contributed by atoms with Crippen molar-refractivity contribution in [2.45, 2.75) is 19.5 Å². The molecular weight excluding hydrogens is 539 g/mol. The van der Waals surface area contributed by atoms with Crippen LogP contribution in [0, 0.1) is 6.92 Å². The SMILES string of the molecule is CNc1ncnc(N(C)C(=O)Nc2cc(C(=O)Nc3cc(C(F)(F)F)ccc3N(C)CCCN(C)C)ccc2C)n1. The molecule has 0 aliphatic carbocycles. The molecule has 0 bridgehead atoms. The van der Waals surface area contributed by atoms with Crippen molar-refractivity contribution in [1.82, 2.24) is 19.9 Å². The zero-order valence-electron chi connectivity index (χ0n) is 23.8. The van der Waals surface area contributed by atoms with E-state index in [4.69, 9.17) is 0 Å². The second-order valence-electron chi connectivity index (χ2n) is 9.64. The Balaban J connectivity index is 1.84. The molecule has 0 saturated heterocycles. The molecule has 3 amide bonds. The van der Waals surface area contributed by atoms with Gasteiger partial charge in [-0.15, -0.1) is 0 Å². The largest absolute Gasteiger partial charge is 0.416 e. The molecule has 0 spiro atoms. The van der Waals surface area contributed by atoms with Gasteiger partial charge in [0.25, 0.3) is 5.91 Å². The van der Waals surface area contributed by atoms with Gasteiger partial charge in [0.1, 0.15) is 6.33 Å². The number of halogens is 3. The van der Waals surface area contributed by atoms with Gasteiger partial charge in [-0.25, -0.2) is 14.8 Å². The molecule has 11 nitrogen and oxygen atoms in total. The molecule has 3 rings (SSSR count). The lowest BCUT2D eigenvalue weighted by molar-refractivity contribution is -0.137. The Kier molecular flexibility index (Phi) is 10.1. The summed E-state index contributed by atoms with van der Waals surface area (Å²) in [6.07, 6.45) is -2.55. The van der Waals surface area contributed by atoms with Crippen molar-refractivity contribution >= 4 is 40.9 Å². The number of hydrogen-bond donors (Lipinski definition) is 3. The molecular formula is C27H34F3N9O2. The Morgan fingerprint density at radius 2 is 1.66 bits per heavy atom. The molecule has 1 heterocycles. The molecule has 0 aliphatic heterocycles. The molecule has 3 N–H and O–H groups in total. The third-order valence-electron chi connectivity index (χ3n) is 6.21. The average Bonchev–Trinajstić information content (AvgIpc) is 2.92. The van der Waals surface area contributed by atoms with Crippen LogP contribution in [0.3, 0.4) is 0 Å². The third kappa shape index (κ3) is 8.27. The summed E-state index contributed by atoms with van der Waals surface area (Å²) in [6, 6.07) is 7.32. The van der Waals surface area contributed by atoms with Crippen LogP contribution < -0.4 is 25.8 Å². The number of carbonyl (C=O) groups excluding carboxylic acids is 2. The van der Waals surface area contributed by atoms with Crippen LogP contribution in [0.4, 0.5) is 46.9 Å². The molecule has 41 heavy (non-hydrogen) atoms. The van der Waals surface area contributed by atoms with Crippen LogP contribution in [0.2, 0.25) is 0 Å². The second-order valence-corrected chi connectivity index (χ2v) is 9.64. The number of anilines is 5. The van der Waals surface area contributed by atoms with E-state index in [-0.39, 0.29) is 23.1 Å². The lowest BCUT2D eigenvalue weighted by Crippen LogP contribution is -2.33. The third-order valence-corrected chi connectivity index (χ3v) is 6.21. The zero-order chi connectivity index (χ0) is 30.3. The minimum absolute atomic E-state index is 0.0262. The summed E-state index contributed by atoms with van der Waals surface area (Å²) in [6.45, 7) is 3.11. The number of aromatic nitrogens is 3. The van der Waals surface area contributed by atoms with Gasteiger partial charge >= 0.3 is 12.2 Å². The number of hydrogen-bond acceptors (Lipinski definition) is 8. The fraction of sp³-hybridized carbons (Fsp3) is 0.370. The number of carbonyl (C=O) groups is 2. The van der Waals surface area contributed by atoms with Crippen molar-refractivity contribution in [2.75, 3.05) is 74.1 Å². The number of benzene rings is 2. The van der Waals surface area contributed by atoms with Crippen molar-refractivity contribution < 1.29 is 22.8 Å². The molecule has 0 atom stereocenters. The van der Waals surface area contributed by atoms with E-state index in [2.05, 4.69) is 30.9 Å². The van der Waals surface area contributed by atoms with E-state index in [0.717, 1.165) is 25.1 Å². The van der Waals surface area contributed by atoms with Gasteiger partial charge in [0.05, 0.1) is 16.9 Å². The number of amides is 3. The fourth-order valence-electron chi connectivity index (χ4n) is 3.84. The van der Waals surface area contributed by atoms with Crippen molar-refractivity contribution in [3.63, 3.8) is 0 Å². The van der Waals surface area contributed by atoms with Gasteiger partial charge in [-0.05, 0) is 69.9 Å². The van der Waals surface area contributed by atoms with Gasteiger partial charge in [0.15, 0.2) is 0 Å². The van der Waals surface area contributed by atoms with Crippen LogP contribution in [0.5, 0.6) is 0 Å². The maximum atomic E-state index is 13.5. The predicted octanol–water partition coefficient (Wildman–Crippen LogP) is 4.55. The molecule has 220 valence electrons. The minimum Gasteiger partial charge on any atom is -0.373 e. The Morgan fingerprint density at radius 1 is 0.927 bits per heavy atom. The van der Waals surface area contributed by atoms with Gasteiger partial charge in [-0.1, -0.05) is 6.07 Å². The minimum atomic E-state index is -4.58. The molecule has 0 fully saturated rings. The highest BCUT2D eigenvalue weighted by molar-refractivity contribution is 6.07. The summed E-state index contributed by atoms with van der Waals surface area (Å²) < 4.78 is 40.5. The zero-order valence-corrected chi connectivity index (χ0v) is 23.8. The number of rotatable bonds is 10. The highest BCUT2D eigenvalue weighted by Gasteiger charge is 2.31. The Morgan fingerprint density at radius 3 is 2.32 bits per heavy atom. The first kappa shape index (κ1) is 31.1. The molecule has 0 saturated carbocycles. The van der Waals surface area contributed by atoms with E-state index < -0.39 is 23.7 Å². The maximum absolute atomic E-state index is 13.5. The Labute approximate surface area is 236 Å². The van der Waals surface area contributed by atoms with E-state index in [1.165, 1.54) is 36.5 Å². The van der Waals surface area contributed by atoms with Crippen LogP contribution in [0.1, 0.15) is 27.9 Å². The lowest BCUT2D eigenvalue weighted by atomic mass is 10.1. The molecule has 0 aliphatic rings. The molecule has 3 aromatic rings. The first-order chi connectivity index (χ1) is 19.3. The maximum Gasteiger partial charge on any atom is 0.416 e. The number of aryl methyl sites for hydroxylation is 1. The van der Waals surface area contributed by atoms with Crippen LogP contribution in [-0.2, 0) is 6.18 Å². The molecule has 0 unspecified atom stereocenters. The normalized spacial score (nSPS) is 11.3. The highest BCUT2D eigenvalue weighted by atomic mass is 19.4. The second kappa shape index (κ2) is 13.3. The summed E-state index contributed by atoms with van der Waals surface area (Å²) >= 11 is 0. The number of alkyl halides is 3. The van der Waals surface area contributed by atoms with E-state index in [0.29, 0.717) is 23.5 Å². The fourth-order valence-corrected chi connectivity index (χ4v) is 3.84. The van der Waals surface area contributed by atoms with E-state index in [1.807, 2.05) is 19.0 Å². The first-order valence-electron chi connectivity index (χ1n) is 12.7. The van der Waals surface area contributed by atoms with Crippen LogP contribution in [0.15, 0.2) is 42.7 Å². The van der Waals surface area contributed by atoms with E-state index in [1.54, 1.807) is 32.0 Å². The van der Waals surface area contributed by atoms with Crippen molar-refractivity contribution in [1.29, 1.82) is 0 Å². The van der Waals surface area contributed by atoms with Crippen LogP contribution >= 0.6 is 0 Å². The molecule has 2 aromatic carbocycles. The summed E-state index contributed by atoms with van der Waals surface area (Å²) in [7, 11) is 8.74. The standard InChI is InChI=1S/C27H34F3N9O2/c1-17-8-9-18(14-20(17)35-26(41)39(6)25-33-16-32-24(31-2)36-25)23(40)34-21-15-19(27(28,29)30)10-11-22(21)38(5)13-7-12-37(3)4/h8-11,14-16H,7,12-13H2,1-6H3,(H,34,40)(H,35,41)(H,31,32,33,36). The molecule has 1 aromatic heterocycles.